The normalized spacial score (nSPS) is 17.7. The molecule has 0 bridgehead atoms. The lowest BCUT2D eigenvalue weighted by Crippen LogP contribution is -2.43. The Balaban J connectivity index is 2.22. The van der Waals surface area contributed by atoms with Crippen LogP contribution in [0.3, 0.4) is 0 Å². The van der Waals surface area contributed by atoms with E-state index in [2.05, 4.69) is 15.0 Å². The molecule has 1 aromatic rings. The van der Waals surface area contributed by atoms with E-state index in [1.54, 1.807) is 0 Å². The van der Waals surface area contributed by atoms with E-state index in [-0.39, 0.29) is 24.3 Å². The van der Waals surface area contributed by atoms with Crippen molar-refractivity contribution in [2.24, 2.45) is 10.9 Å². The number of nitrogens with zero attached hydrogens (tertiary/aromatic N) is 2. The van der Waals surface area contributed by atoms with Gasteiger partial charge in [0.1, 0.15) is 12.6 Å². The highest BCUT2D eigenvalue weighted by Crippen LogP contribution is 2.30. The van der Waals surface area contributed by atoms with Crippen LogP contribution < -0.4 is 5.32 Å². The topological polar surface area (TPSA) is 71.0 Å². The maximum Gasteiger partial charge on any atom is 0.416 e. The Morgan fingerprint density at radius 3 is 2.40 bits per heavy atom. The van der Waals surface area contributed by atoms with Crippen molar-refractivity contribution in [3.05, 3.63) is 29.8 Å². The SMILES string of the molecule is COC(=O)CN1C(=O)[C@H](C(C)C)N=C1Nc1ccc(C(F)(F)F)cc1. The van der Waals surface area contributed by atoms with E-state index in [1.165, 1.54) is 19.2 Å². The number of carbonyl (C=O) groups is 2. The number of hydrogen-bond acceptors (Lipinski definition) is 5. The van der Waals surface area contributed by atoms with E-state index in [4.69, 9.17) is 0 Å². The van der Waals surface area contributed by atoms with Gasteiger partial charge in [0.25, 0.3) is 5.91 Å². The van der Waals surface area contributed by atoms with Crippen LogP contribution in [0.25, 0.3) is 0 Å². The van der Waals surface area contributed by atoms with Crippen LogP contribution in [-0.2, 0) is 20.5 Å². The molecule has 25 heavy (non-hydrogen) atoms. The Bertz CT molecular complexity index is 684. The van der Waals surface area contributed by atoms with E-state index >= 15 is 0 Å². The van der Waals surface area contributed by atoms with Crippen molar-refractivity contribution in [1.29, 1.82) is 0 Å². The minimum absolute atomic E-state index is 0.0976. The predicted octanol–water partition coefficient (Wildman–Crippen LogP) is 2.51. The van der Waals surface area contributed by atoms with Gasteiger partial charge in [-0.1, -0.05) is 13.8 Å². The third-order valence-corrected chi connectivity index (χ3v) is 3.65. The number of anilines is 1. The molecule has 0 fully saturated rings. The number of alkyl halides is 3. The summed E-state index contributed by atoms with van der Waals surface area (Å²) in [5.74, 6) is -0.983. The van der Waals surface area contributed by atoms with Crippen LogP contribution in [0.2, 0.25) is 0 Å². The molecular weight excluding hydrogens is 339 g/mol. The Morgan fingerprint density at radius 1 is 1.32 bits per heavy atom. The fraction of sp³-hybridized carbons (Fsp3) is 0.438. The summed E-state index contributed by atoms with van der Waals surface area (Å²) in [6.45, 7) is 3.29. The van der Waals surface area contributed by atoms with Crippen molar-refractivity contribution in [2.75, 3.05) is 19.0 Å². The van der Waals surface area contributed by atoms with E-state index in [0.717, 1.165) is 17.0 Å². The number of rotatable bonds is 4. The van der Waals surface area contributed by atoms with E-state index in [9.17, 15) is 22.8 Å². The first kappa shape index (κ1) is 18.8. The van der Waals surface area contributed by atoms with Gasteiger partial charge in [0.2, 0.25) is 5.96 Å². The average Bonchev–Trinajstić information content (AvgIpc) is 2.84. The van der Waals surface area contributed by atoms with Gasteiger partial charge < -0.3 is 10.1 Å². The third-order valence-electron chi connectivity index (χ3n) is 3.65. The molecule has 1 N–H and O–H groups in total. The summed E-state index contributed by atoms with van der Waals surface area (Å²) in [5, 5.41) is 2.79. The van der Waals surface area contributed by atoms with Crippen LogP contribution >= 0.6 is 0 Å². The Kier molecular flexibility index (Phi) is 5.34. The van der Waals surface area contributed by atoms with Crippen LogP contribution in [-0.4, -0.2) is 42.4 Å². The monoisotopic (exact) mass is 357 g/mol. The second-order valence-corrected chi connectivity index (χ2v) is 5.84. The maximum atomic E-state index is 12.6. The third kappa shape index (κ3) is 4.28. The van der Waals surface area contributed by atoms with Gasteiger partial charge in [-0.3, -0.25) is 14.5 Å². The van der Waals surface area contributed by atoms with Gasteiger partial charge in [-0.15, -0.1) is 0 Å². The molecule has 1 amide bonds. The Morgan fingerprint density at radius 2 is 1.92 bits per heavy atom. The molecule has 0 saturated heterocycles. The number of esters is 1. The van der Waals surface area contributed by atoms with Gasteiger partial charge in [0.15, 0.2) is 0 Å². The zero-order chi connectivity index (χ0) is 18.8. The summed E-state index contributed by atoms with van der Waals surface area (Å²) in [4.78, 5) is 29.3. The van der Waals surface area contributed by atoms with Crippen molar-refractivity contribution in [1.82, 2.24) is 4.90 Å². The number of ether oxygens (including phenoxy) is 1. The van der Waals surface area contributed by atoms with Gasteiger partial charge in [0, 0.05) is 5.69 Å². The van der Waals surface area contributed by atoms with E-state index in [1.807, 2.05) is 13.8 Å². The number of nitrogens with one attached hydrogen (secondary N) is 1. The summed E-state index contributed by atoms with van der Waals surface area (Å²) in [7, 11) is 1.20. The van der Waals surface area contributed by atoms with Crippen molar-refractivity contribution >= 4 is 23.5 Å². The van der Waals surface area contributed by atoms with Crippen LogP contribution in [0.4, 0.5) is 18.9 Å². The number of halogens is 3. The van der Waals surface area contributed by atoms with Crippen molar-refractivity contribution in [2.45, 2.75) is 26.1 Å². The molecule has 1 atom stereocenters. The van der Waals surface area contributed by atoms with Gasteiger partial charge in [-0.25, -0.2) is 4.99 Å². The second-order valence-electron chi connectivity index (χ2n) is 5.84. The first-order chi connectivity index (χ1) is 11.6. The quantitative estimate of drug-likeness (QED) is 0.841. The summed E-state index contributed by atoms with van der Waals surface area (Å²) in [6, 6.07) is 3.64. The Hall–Kier alpha value is -2.58. The lowest BCUT2D eigenvalue weighted by atomic mass is 10.1. The number of aliphatic imine (C=N–C) groups is 1. The number of hydrogen-bond donors (Lipinski definition) is 1. The number of benzene rings is 1. The summed E-state index contributed by atoms with van der Waals surface area (Å²) in [5.41, 5.74) is -0.465. The van der Waals surface area contributed by atoms with Gasteiger partial charge in [-0.05, 0) is 30.2 Å². The van der Waals surface area contributed by atoms with Crippen molar-refractivity contribution in [3.8, 4) is 0 Å². The van der Waals surface area contributed by atoms with E-state index < -0.39 is 23.8 Å². The summed E-state index contributed by atoms with van der Waals surface area (Å²) < 4.78 is 42.4. The summed E-state index contributed by atoms with van der Waals surface area (Å²) >= 11 is 0. The highest BCUT2D eigenvalue weighted by atomic mass is 19.4. The fourth-order valence-electron chi connectivity index (χ4n) is 2.27. The minimum Gasteiger partial charge on any atom is -0.468 e. The second kappa shape index (κ2) is 7.12. The average molecular weight is 357 g/mol. The molecule has 6 nitrogen and oxygen atoms in total. The first-order valence-electron chi connectivity index (χ1n) is 7.53. The molecule has 1 aromatic carbocycles. The molecule has 9 heteroatoms. The largest absolute Gasteiger partial charge is 0.468 e. The first-order valence-corrected chi connectivity index (χ1v) is 7.53. The number of carbonyl (C=O) groups excluding carboxylic acids is 2. The molecule has 1 aliphatic rings. The molecule has 0 unspecified atom stereocenters. The number of methoxy groups -OCH3 is 1. The fourth-order valence-corrected chi connectivity index (χ4v) is 2.27. The number of guanidine groups is 1. The molecule has 0 aliphatic carbocycles. The predicted molar refractivity (Wildman–Crippen MR) is 84.9 cm³/mol. The zero-order valence-corrected chi connectivity index (χ0v) is 13.9. The lowest BCUT2D eigenvalue weighted by molar-refractivity contribution is -0.144. The van der Waals surface area contributed by atoms with Gasteiger partial charge >= 0.3 is 12.1 Å². The smallest absolute Gasteiger partial charge is 0.416 e. The van der Waals surface area contributed by atoms with Crippen molar-refractivity contribution < 1.29 is 27.5 Å². The molecule has 2 rings (SSSR count). The van der Waals surface area contributed by atoms with Gasteiger partial charge in [-0.2, -0.15) is 13.2 Å². The van der Waals surface area contributed by atoms with Crippen LogP contribution in [0.5, 0.6) is 0 Å². The van der Waals surface area contributed by atoms with E-state index in [0.29, 0.717) is 5.69 Å². The van der Waals surface area contributed by atoms with Crippen LogP contribution in [0, 0.1) is 5.92 Å². The lowest BCUT2D eigenvalue weighted by Gasteiger charge is -2.19. The molecule has 0 saturated carbocycles. The zero-order valence-electron chi connectivity index (χ0n) is 13.9. The maximum absolute atomic E-state index is 12.6. The molecule has 1 heterocycles. The number of amides is 1. The molecule has 0 spiro atoms. The Labute approximate surface area is 142 Å². The van der Waals surface area contributed by atoms with Crippen LogP contribution in [0.15, 0.2) is 29.3 Å². The molecule has 1 aliphatic heterocycles. The standard InChI is InChI=1S/C16H18F3N3O3/c1-9(2)13-14(24)22(8-12(23)25-3)15(21-13)20-11-6-4-10(5-7-11)16(17,18)19/h4-7,9,13H,8H2,1-3H3,(H,20,21)/t13-/m0/s1. The highest BCUT2D eigenvalue weighted by Gasteiger charge is 2.38. The highest BCUT2D eigenvalue weighted by molar-refractivity contribution is 6.11. The van der Waals surface area contributed by atoms with Gasteiger partial charge in [0.05, 0.1) is 12.7 Å². The molecule has 0 radical (unpaired) electrons. The van der Waals surface area contributed by atoms with Crippen molar-refractivity contribution in [3.63, 3.8) is 0 Å². The molecule has 136 valence electrons. The minimum atomic E-state index is -4.43. The van der Waals surface area contributed by atoms with Crippen LogP contribution in [0.1, 0.15) is 19.4 Å². The molecule has 0 aromatic heterocycles. The summed E-state index contributed by atoms with van der Waals surface area (Å²) in [6.07, 6.45) is -4.43. The molecular formula is C16H18F3N3O3.